The van der Waals surface area contributed by atoms with Crippen LogP contribution in [0.15, 0.2) is 10.8 Å². The monoisotopic (exact) mass is 305 g/mol. The van der Waals surface area contributed by atoms with Gasteiger partial charge in [-0.15, -0.1) is 0 Å². The lowest BCUT2D eigenvalue weighted by Crippen LogP contribution is -2.28. The van der Waals surface area contributed by atoms with E-state index in [4.69, 9.17) is 11.6 Å². The molecule has 1 aliphatic carbocycles. The lowest BCUT2D eigenvalue weighted by atomic mass is 9.93. The highest BCUT2D eigenvalue weighted by Crippen LogP contribution is 2.29. The van der Waals surface area contributed by atoms with E-state index in [0.29, 0.717) is 15.7 Å². The number of anilines is 1. The van der Waals surface area contributed by atoms with Crippen LogP contribution in [0, 0.1) is 0 Å². The molecule has 1 saturated carbocycles. The van der Waals surface area contributed by atoms with E-state index in [-0.39, 0.29) is 6.10 Å². The molecule has 0 unspecified atom stereocenters. The van der Waals surface area contributed by atoms with Crippen molar-refractivity contribution in [1.29, 1.82) is 0 Å². The highest BCUT2D eigenvalue weighted by Gasteiger charge is 2.20. The third kappa shape index (κ3) is 2.84. The van der Waals surface area contributed by atoms with Gasteiger partial charge in [-0.05, 0) is 41.6 Å². The number of halogens is 2. The summed E-state index contributed by atoms with van der Waals surface area (Å²) >= 11 is 9.23. The second-order valence-electron chi connectivity index (χ2n) is 3.98. The molecule has 1 fully saturated rings. The largest absolute Gasteiger partial charge is 0.393 e. The van der Waals surface area contributed by atoms with Crippen molar-refractivity contribution in [2.24, 2.45) is 0 Å². The van der Waals surface area contributed by atoms with Crippen LogP contribution in [0.25, 0.3) is 0 Å². The molecule has 0 saturated heterocycles. The Morgan fingerprint density at radius 2 is 2.00 bits per heavy atom. The van der Waals surface area contributed by atoms with Gasteiger partial charge >= 0.3 is 0 Å². The highest BCUT2D eigenvalue weighted by molar-refractivity contribution is 9.10. The summed E-state index contributed by atoms with van der Waals surface area (Å²) in [6.45, 7) is 0. The minimum atomic E-state index is -0.143. The first-order chi connectivity index (χ1) is 7.66. The van der Waals surface area contributed by atoms with Gasteiger partial charge in [-0.2, -0.15) is 0 Å². The summed E-state index contributed by atoms with van der Waals surface area (Å²) in [7, 11) is 0. The number of aliphatic hydroxyl groups is 1. The van der Waals surface area contributed by atoms with Gasteiger partial charge in [-0.3, -0.25) is 0 Å². The number of hydrogen-bond donors (Lipinski definition) is 2. The predicted molar refractivity (Wildman–Crippen MR) is 66.6 cm³/mol. The second-order valence-corrected chi connectivity index (χ2v) is 5.13. The van der Waals surface area contributed by atoms with Gasteiger partial charge in [0.15, 0.2) is 0 Å². The van der Waals surface area contributed by atoms with Crippen LogP contribution in [-0.4, -0.2) is 27.2 Å². The lowest BCUT2D eigenvalue weighted by molar-refractivity contribution is 0.126. The van der Waals surface area contributed by atoms with E-state index in [2.05, 4.69) is 31.2 Å². The Morgan fingerprint density at radius 1 is 1.31 bits per heavy atom. The minimum absolute atomic E-state index is 0.143. The molecule has 0 aromatic carbocycles. The Labute approximate surface area is 108 Å². The smallest absolute Gasteiger partial charge is 0.148 e. The standard InChI is InChI=1S/C10H13BrClN3O/c11-8-9(12)13-5-14-10(8)15-6-1-3-7(16)4-2-6/h5-7,16H,1-4H2,(H,13,14,15). The van der Waals surface area contributed by atoms with Gasteiger partial charge in [0.1, 0.15) is 17.3 Å². The normalized spacial score (nSPS) is 25.4. The molecule has 0 radical (unpaired) electrons. The summed E-state index contributed by atoms with van der Waals surface area (Å²) in [5.41, 5.74) is 0. The van der Waals surface area contributed by atoms with Gasteiger partial charge < -0.3 is 10.4 Å². The fraction of sp³-hybridized carbons (Fsp3) is 0.600. The van der Waals surface area contributed by atoms with Gasteiger partial charge in [-0.1, -0.05) is 11.6 Å². The number of aromatic nitrogens is 2. The first kappa shape index (κ1) is 12.1. The van der Waals surface area contributed by atoms with Gasteiger partial charge in [0, 0.05) is 6.04 Å². The van der Waals surface area contributed by atoms with Crippen molar-refractivity contribution in [1.82, 2.24) is 9.97 Å². The van der Waals surface area contributed by atoms with Crippen molar-refractivity contribution < 1.29 is 5.11 Å². The van der Waals surface area contributed by atoms with Crippen LogP contribution in [0.4, 0.5) is 5.82 Å². The summed E-state index contributed by atoms with van der Waals surface area (Å²) in [5.74, 6) is 0.724. The first-order valence-electron chi connectivity index (χ1n) is 5.27. The van der Waals surface area contributed by atoms with E-state index in [1.807, 2.05) is 0 Å². The molecule has 2 rings (SSSR count). The summed E-state index contributed by atoms with van der Waals surface area (Å²) in [6, 6.07) is 0.352. The van der Waals surface area contributed by atoms with Crippen molar-refractivity contribution in [3.05, 3.63) is 16.0 Å². The van der Waals surface area contributed by atoms with Crippen molar-refractivity contribution >= 4 is 33.3 Å². The van der Waals surface area contributed by atoms with Crippen LogP contribution in [-0.2, 0) is 0 Å². The molecule has 1 aromatic rings. The zero-order valence-electron chi connectivity index (χ0n) is 8.66. The zero-order chi connectivity index (χ0) is 11.5. The molecule has 1 aromatic heterocycles. The third-order valence-electron chi connectivity index (χ3n) is 2.78. The Kier molecular flexibility index (Phi) is 4.00. The molecule has 0 atom stereocenters. The molecule has 1 aliphatic rings. The van der Waals surface area contributed by atoms with E-state index < -0.39 is 0 Å². The molecular weight excluding hydrogens is 293 g/mol. The number of rotatable bonds is 2. The maximum absolute atomic E-state index is 9.41. The molecule has 88 valence electrons. The Morgan fingerprint density at radius 3 is 2.69 bits per heavy atom. The number of hydrogen-bond acceptors (Lipinski definition) is 4. The Bertz CT molecular complexity index is 369. The Hall–Kier alpha value is -0.390. The molecule has 0 aliphatic heterocycles. The number of aliphatic hydroxyl groups excluding tert-OH is 1. The fourth-order valence-corrected chi connectivity index (χ4v) is 2.31. The van der Waals surface area contributed by atoms with Crippen molar-refractivity contribution in [3.63, 3.8) is 0 Å². The molecule has 16 heavy (non-hydrogen) atoms. The summed E-state index contributed by atoms with van der Waals surface area (Å²) in [4.78, 5) is 8.01. The third-order valence-corrected chi connectivity index (χ3v) is 4.05. The number of nitrogens with one attached hydrogen (secondary N) is 1. The van der Waals surface area contributed by atoms with E-state index in [1.165, 1.54) is 6.33 Å². The molecule has 0 bridgehead atoms. The van der Waals surface area contributed by atoms with Crippen LogP contribution >= 0.6 is 27.5 Å². The van der Waals surface area contributed by atoms with Gasteiger partial charge in [0.25, 0.3) is 0 Å². The Balaban J connectivity index is 2.01. The summed E-state index contributed by atoms with van der Waals surface area (Å²) in [5, 5.41) is 13.1. The highest BCUT2D eigenvalue weighted by atomic mass is 79.9. The fourth-order valence-electron chi connectivity index (χ4n) is 1.86. The molecule has 0 spiro atoms. The van der Waals surface area contributed by atoms with Crippen LogP contribution in [0.1, 0.15) is 25.7 Å². The summed E-state index contributed by atoms with van der Waals surface area (Å²) in [6.07, 6.45) is 4.88. The average molecular weight is 307 g/mol. The quantitative estimate of drug-likeness (QED) is 0.825. The van der Waals surface area contributed by atoms with E-state index >= 15 is 0 Å². The predicted octanol–water partition coefficient (Wildman–Crippen LogP) is 2.61. The van der Waals surface area contributed by atoms with Crippen molar-refractivity contribution in [2.75, 3.05) is 5.32 Å². The molecule has 6 heteroatoms. The summed E-state index contributed by atoms with van der Waals surface area (Å²) < 4.78 is 0.697. The maximum atomic E-state index is 9.41. The lowest BCUT2D eigenvalue weighted by Gasteiger charge is -2.26. The topological polar surface area (TPSA) is 58.0 Å². The zero-order valence-corrected chi connectivity index (χ0v) is 11.0. The van der Waals surface area contributed by atoms with Crippen LogP contribution in [0.2, 0.25) is 5.15 Å². The molecule has 0 amide bonds. The number of nitrogens with zero attached hydrogens (tertiary/aromatic N) is 2. The molecule has 2 N–H and O–H groups in total. The van der Waals surface area contributed by atoms with Crippen molar-refractivity contribution in [2.45, 2.75) is 37.8 Å². The second kappa shape index (κ2) is 5.29. The van der Waals surface area contributed by atoms with Gasteiger partial charge in [-0.25, -0.2) is 9.97 Å². The van der Waals surface area contributed by atoms with E-state index in [9.17, 15) is 5.11 Å². The van der Waals surface area contributed by atoms with E-state index in [1.54, 1.807) is 0 Å². The maximum Gasteiger partial charge on any atom is 0.148 e. The first-order valence-corrected chi connectivity index (χ1v) is 6.44. The SMILES string of the molecule is OC1CCC(Nc2ncnc(Cl)c2Br)CC1. The van der Waals surface area contributed by atoms with Crippen molar-refractivity contribution in [3.8, 4) is 0 Å². The van der Waals surface area contributed by atoms with Crippen LogP contribution < -0.4 is 5.32 Å². The average Bonchev–Trinajstić information content (AvgIpc) is 2.28. The van der Waals surface area contributed by atoms with Gasteiger partial charge in [0.2, 0.25) is 0 Å². The van der Waals surface area contributed by atoms with Crippen LogP contribution in [0.3, 0.4) is 0 Å². The van der Waals surface area contributed by atoms with Crippen LogP contribution in [0.5, 0.6) is 0 Å². The molecule has 4 nitrogen and oxygen atoms in total. The van der Waals surface area contributed by atoms with E-state index in [0.717, 1.165) is 31.5 Å². The van der Waals surface area contributed by atoms with Gasteiger partial charge in [0.05, 0.1) is 10.6 Å². The molecular formula is C10H13BrClN3O. The molecule has 1 heterocycles. The minimum Gasteiger partial charge on any atom is -0.393 e.